The number of oxazole rings is 1. The number of rotatable bonds is 4. The van der Waals surface area contributed by atoms with Crippen LogP contribution in [0.2, 0.25) is 0 Å². The summed E-state index contributed by atoms with van der Waals surface area (Å²) in [7, 11) is 1.66. The summed E-state index contributed by atoms with van der Waals surface area (Å²) in [6.45, 7) is -0.250. The van der Waals surface area contributed by atoms with E-state index in [0.29, 0.717) is 0 Å². The largest absolute Gasteiger partial charge is 0.497 e. The lowest BCUT2D eigenvalue weighted by Gasteiger charge is -2.03. The molecule has 0 atom stereocenters. The van der Waals surface area contributed by atoms with Crippen LogP contribution in [-0.2, 0) is 11.2 Å². The van der Waals surface area contributed by atoms with Crippen molar-refractivity contribution in [3.05, 3.63) is 72.2 Å². The summed E-state index contributed by atoms with van der Waals surface area (Å²) in [6, 6.07) is 18.1. The lowest BCUT2D eigenvalue weighted by molar-refractivity contribution is -0.122. The number of methoxy groups -OCH3 is 1. The molecule has 0 radical (unpaired) electrons. The maximum Gasteiger partial charge on any atom is 0.290 e. The van der Waals surface area contributed by atoms with E-state index in [1.807, 2.05) is 42.5 Å². The number of aromatic nitrogens is 1. The van der Waals surface area contributed by atoms with Gasteiger partial charge in [0.1, 0.15) is 5.75 Å². The van der Waals surface area contributed by atoms with Crippen LogP contribution in [0.4, 0.5) is 0 Å². The number of nitrogens with zero attached hydrogens (tertiary/aromatic N) is 1. The first kappa shape index (κ1) is 16.3. The molecule has 0 bridgehead atoms. The number of hydrogen-bond donors (Lipinski definition) is 1. The average Bonchev–Trinajstić information content (AvgIpc) is 3.05. The summed E-state index contributed by atoms with van der Waals surface area (Å²) in [6.07, 6.45) is 2.26. The molecular weight excluding hydrogens is 294 g/mol. The van der Waals surface area contributed by atoms with E-state index in [0.717, 1.165) is 29.2 Å². The number of benzene rings is 2. The highest BCUT2D eigenvalue weighted by atomic mass is 16.5. The van der Waals surface area contributed by atoms with Crippen LogP contribution in [0.3, 0.4) is 0 Å². The molecule has 0 aliphatic heterocycles. The van der Waals surface area contributed by atoms with Gasteiger partial charge in [0.25, 0.3) is 6.47 Å². The van der Waals surface area contributed by atoms with E-state index >= 15 is 0 Å². The van der Waals surface area contributed by atoms with Crippen molar-refractivity contribution in [2.24, 2.45) is 0 Å². The zero-order chi connectivity index (χ0) is 16.5. The molecule has 0 fully saturated rings. The second-order valence-electron chi connectivity index (χ2n) is 4.62. The van der Waals surface area contributed by atoms with Gasteiger partial charge in [0.15, 0.2) is 12.2 Å². The first-order chi connectivity index (χ1) is 11.3. The van der Waals surface area contributed by atoms with Gasteiger partial charge in [0.2, 0.25) is 0 Å². The minimum atomic E-state index is -0.250. The molecule has 3 rings (SSSR count). The molecule has 0 amide bonds. The molecule has 2 aromatic carbocycles. The van der Waals surface area contributed by atoms with Crippen LogP contribution in [-0.4, -0.2) is 23.7 Å². The van der Waals surface area contributed by atoms with Crippen molar-refractivity contribution in [1.29, 1.82) is 0 Å². The van der Waals surface area contributed by atoms with Crippen molar-refractivity contribution in [3.8, 4) is 17.1 Å². The topological polar surface area (TPSA) is 72.6 Å². The number of ether oxygens (including phenoxy) is 1. The van der Waals surface area contributed by atoms with E-state index in [-0.39, 0.29) is 6.47 Å². The van der Waals surface area contributed by atoms with Crippen LogP contribution >= 0.6 is 0 Å². The molecule has 5 heteroatoms. The molecule has 118 valence electrons. The highest BCUT2D eigenvalue weighted by Gasteiger charge is 2.11. The molecular formula is C18H17NO4. The quantitative estimate of drug-likeness (QED) is 0.745. The minimum Gasteiger partial charge on any atom is -0.497 e. The van der Waals surface area contributed by atoms with Crippen LogP contribution in [0.25, 0.3) is 11.3 Å². The Morgan fingerprint density at radius 3 is 2.39 bits per heavy atom. The Bertz CT molecular complexity index is 720. The predicted molar refractivity (Wildman–Crippen MR) is 86.4 cm³/mol. The monoisotopic (exact) mass is 311 g/mol. The fraction of sp³-hybridized carbons (Fsp3) is 0.111. The number of carbonyl (C=O) groups is 1. The van der Waals surface area contributed by atoms with Gasteiger partial charge in [-0.2, -0.15) is 0 Å². The van der Waals surface area contributed by atoms with E-state index in [9.17, 15) is 0 Å². The second-order valence-corrected chi connectivity index (χ2v) is 4.62. The normalized spacial score (nSPS) is 9.61. The minimum absolute atomic E-state index is 0.250. The van der Waals surface area contributed by atoms with Crippen LogP contribution in [0.5, 0.6) is 5.75 Å². The Morgan fingerprint density at radius 1 is 1.13 bits per heavy atom. The van der Waals surface area contributed by atoms with E-state index in [1.54, 1.807) is 7.11 Å². The molecule has 0 aliphatic carbocycles. The van der Waals surface area contributed by atoms with Crippen molar-refractivity contribution < 1.29 is 19.1 Å². The van der Waals surface area contributed by atoms with E-state index in [4.69, 9.17) is 19.1 Å². The standard InChI is InChI=1S/C17H15NO2.CH2O2/c1-19-15-9-7-14(8-10-15)17-16(18-12-20-17)11-13-5-3-2-4-6-13;2-1-3/h2-10,12H,11H2,1H3;1H,(H,2,3). The lowest BCUT2D eigenvalue weighted by atomic mass is 10.1. The van der Waals surface area contributed by atoms with Crippen molar-refractivity contribution in [2.75, 3.05) is 7.11 Å². The molecule has 0 unspecified atom stereocenters. The Hall–Kier alpha value is -3.08. The van der Waals surface area contributed by atoms with Gasteiger partial charge in [0, 0.05) is 12.0 Å². The molecule has 1 N–H and O–H groups in total. The molecule has 0 spiro atoms. The Morgan fingerprint density at radius 2 is 1.78 bits per heavy atom. The van der Waals surface area contributed by atoms with Crippen LogP contribution in [0.15, 0.2) is 65.4 Å². The van der Waals surface area contributed by atoms with E-state index in [1.165, 1.54) is 12.0 Å². The summed E-state index contributed by atoms with van der Waals surface area (Å²) in [5.74, 6) is 1.65. The number of hydrogen-bond acceptors (Lipinski definition) is 4. The molecule has 3 aromatic rings. The van der Waals surface area contributed by atoms with E-state index in [2.05, 4.69) is 17.1 Å². The third-order valence-corrected chi connectivity index (χ3v) is 3.21. The zero-order valence-electron chi connectivity index (χ0n) is 12.7. The molecule has 0 aliphatic rings. The smallest absolute Gasteiger partial charge is 0.290 e. The van der Waals surface area contributed by atoms with Gasteiger partial charge >= 0.3 is 0 Å². The van der Waals surface area contributed by atoms with Gasteiger partial charge in [-0.25, -0.2) is 4.98 Å². The van der Waals surface area contributed by atoms with E-state index < -0.39 is 0 Å². The zero-order valence-corrected chi connectivity index (χ0v) is 12.7. The Kier molecular flexibility index (Phi) is 5.94. The third kappa shape index (κ3) is 4.44. The van der Waals surface area contributed by atoms with Crippen LogP contribution < -0.4 is 4.74 Å². The highest BCUT2D eigenvalue weighted by molar-refractivity contribution is 5.61. The summed E-state index contributed by atoms with van der Waals surface area (Å²) >= 11 is 0. The van der Waals surface area contributed by atoms with Crippen molar-refractivity contribution in [1.82, 2.24) is 4.98 Å². The lowest BCUT2D eigenvalue weighted by Crippen LogP contribution is -1.91. The average molecular weight is 311 g/mol. The fourth-order valence-corrected chi connectivity index (χ4v) is 2.16. The van der Waals surface area contributed by atoms with Gasteiger partial charge in [0.05, 0.1) is 12.8 Å². The maximum atomic E-state index is 8.36. The molecule has 1 aromatic heterocycles. The summed E-state index contributed by atoms with van der Waals surface area (Å²) < 4.78 is 10.7. The predicted octanol–water partition coefficient (Wildman–Crippen LogP) is 3.64. The molecule has 0 saturated carbocycles. The van der Waals surface area contributed by atoms with Crippen molar-refractivity contribution in [2.45, 2.75) is 6.42 Å². The Labute approximate surface area is 134 Å². The van der Waals surface area contributed by atoms with Gasteiger partial charge in [-0.1, -0.05) is 30.3 Å². The molecule has 5 nitrogen and oxygen atoms in total. The van der Waals surface area contributed by atoms with Gasteiger partial charge in [-0.15, -0.1) is 0 Å². The van der Waals surface area contributed by atoms with Crippen LogP contribution in [0, 0.1) is 0 Å². The second kappa shape index (κ2) is 8.38. The fourth-order valence-electron chi connectivity index (χ4n) is 2.16. The molecule has 23 heavy (non-hydrogen) atoms. The van der Waals surface area contributed by atoms with Crippen molar-refractivity contribution in [3.63, 3.8) is 0 Å². The van der Waals surface area contributed by atoms with Crippen LogP contribution in [0.1, 0.15) is 11.3 Å². The molecule has 0 saturated heterocycles. The summed E-state index contributed by atoms with van der Waals surface area (Å²) in [4.78, 5) is 12.7. The summed E-state index contributed by atoms with van der Waals surface area (Å²) in [5, 5.41) is 6.89. The van der Waals surface area contributed by atoms with Gasteiger partial charge in [-0.05, 0) is 29.8 Å². The van der Waals surface area contributed by atoms with Crippen molar-refractivity contribution >= 4 is 6.47 Å². The SMILES string of the molecule is COc1ccc(-c2ocnc2Cc2ccccc2)cc1.O=CO. The Balaban J connectivity index is 0.000000595. The maximum absolute atomic E-state index is 8.36. The van der Waals surface area contributed by atoms with Gasteiger partial charge in [-0.3, -0.25) is 4.79 Å². The molecule has 1 heterocycles. The summed E-state index contributed by atoms with van der Waals surface area (Å²) in [5.41, 5.74) is 3.17. The first-order valence-corrected chi connectivity index (χ1v) is 6.97. The highest BCUT2D eigenvalue weighted by Crippen LogP contribution is 2.26. The number of carboxylic acid groups (broad SMARTS) is 1. The first-order valence-electron chi connectivity index (χ1n) is 6.97. The van der Waals surface area contributed by atoms with Gasteiger partial charge < -0.3 is 14.3 Å². The third-order valence-electron chi connectivity index (χ3n) is 3.21.